The molecule has 0 saturated heterocycles. The van der Waals surface area contributed by atoms with Crippen LogP contribution >= 0.6 is 0 Å². The van der Waals surface area contributed by atoms with Crippen LogP contribution in [0.3, 0.4) is 0 Å². The molecule has 2 aromatic carbocycles. The quantitative estimate of drug-likeness (QED) is 0.662. The van der Waals surface area contributed by atoms with Crippen molar-refractivity contribution in [3.63, 3.8) is 0 Å². The normalized spacial score (nSPS) is 14.6. The fourth-order valence-electron chi connectivity index (χ4n) is 3.72. The van der Waals surface area contributed by atoms with E-state index in [1.807, 2.05) is 24.3 Å². The summed E-state index contributed by atoms with van der Waals surface area (Å²) in [6, 6.07) is 12.8. The summed E-state index contributed by atoms with van der Waals surface area (Å²) in [5.41, 5.74) is 2.86. The van der Waals surface area contributed by atoms with E-state index in [1.54, 1.807) is 13.8 Å². The first kappa shape index (κ1) is 19.5. The molecule has 1 aliphatic heterocycles. The number of carbonyl (C=O) groups is 1. The van der Waals surface area contributed by atoms with E-state index in [0.29, 0.717) is 13.0 Å². The predicted octanol–water partition coefficient (Wildman–Crippen LogP) is 3.07. The minimum absolute atomic E-state index is 0.0485. The molecule has 1 aliphatic rings. The van der Waals surface area contributed by atoms with Crippen LogP contribution in [0, 0.1) is 19.7 Å². The second-order valence-corrected chi connectivity index (χ2v) is 8.96. The van der Waals surface area contributed by atoms with Crippen molar-refractivity contribution in [2.75, 3.05) is 6.54 Å². The zero-order valence-electron chi connectivity index (χ0n) is 16.1. The Morgan fingerprint density at radius 3 is 2.38 bits per heavy atom. The van der Waals surface area contributed by atoms with E-state index in [9.17, 15) is 17.6 Å². The SMILES string of the molecule is Cc1nn(C(=O)c2ccc(F)cc2)c(C)c1S(=O)(=O)N1CCc2ccccc2C1. The highest BCUT2D eigenvalue weighted by Crippen LogP contribution is 2.28. The van der Waals surface area contributed by atoms with E-state index in [-0.39, 0.29) is 28.4 Å². The summed E-state index contributed by atoms with van der Waals surface area (Å²) in [6.45, 7) is 3.79. The maximum absolute atomic E-state index is 13.4. The Hall–Kier alpha value is -2.84. The first-order valence-corrected chi connectivity index (χ1v) is 10.7. The van der Waals surface area contributed by atoms with Gasteiger partial charge in [-0.1, -0.05) is 24.3 Å². The largest absolute Gasteiger partial charge is 0.278 e. The van der Waals surface area contributed by atoms with Gasteiger partial charge in [-0.05, 0) is 55.7 Å². The summed E-state index contributed by atoms with van der Waals surface area (Å²) in [5.74, 6) is -0.959. The Kier molecular flexibility index (Phi) is 4.84. The molecule has 29 heavy (non-hydrogen) atoms. The highest BCUT2D eigenvalue weighted by atomic mass is 32.2. The van der Waals surface area contributed by atoms with Gasteiger partial charge in [-0.15, -0.1) is 0 Å². The molecule has 2 heterocycles. The van der Waals surface area contributed by atoms with E-state index in [0.717, 1.165) is 15.8 Å². The molecule has 0 fully saturated rings. The summed E-state index contributed by atoms with van der Waals surface area (Å²) in [5, 5.41) is 4.18. The summed E-state index contributed by atoms with van der Waals surface area (Å²) in [4.78, 5) is 12.8. The number of aromatic nitrogens is 2. The van der Waals surface area contributed by atoms with Crippen LogP contribution in [0.1, 0.15) is 32.9 Å². The second kappa shape index (κ2) is 7.20. The first-order valence-electron chi connectivity index (χ1n) is 9.22. The second-order valence-electron chi connectivity index (χ2n) is 7.08. The number of halogens is 1. The highest BCUT2D eigenvalue weighted by Gasteiger charge is 2.34. The van der Waals surface area contributed by atoms with Crippen molar-refractivity contribution < 1.29 is 17.6 Å². The number of aryl methyl sites for hydroxylation is 1. The number of nitrogens with zero attached hydrogens (tertiary/aromatic N) is 3. The molecule has 3 aromatic rings. The molecule has 0 radical (unpaired) electrons. The van der Waals surface area contributed by atoms with Crippen LogP contribution < -0.4 is 0 Å². The van der Waals surface area contributed by atoms with Gasteiger partial charge in [-0.3, -0.25) is 4.79 Å². The van der Waals surface area contributed by atoms with Gasteiger partial charge in [0.25, 0.3) is 5.91 Å². The summed E-state index contributed by atoms with van der Waals surface area (Å²) >= 11 is 0. The van der Waals surface area contributed by atoms with Crippen molar-refractivity contribution in [1.82, 2.24) is 14.1 Å². The Balaban J connectivity index is 1.70. The van der Waals surface area contributed by atoms with E-state index in [2.05, 4.69) is 5.10 Å². The first-order chi connectivity index (χ1) is 13.8. The van der Waals surface area contributed by atoms with Crippen LogP contribution in [-0.4, -0.2) is 35.0 Å². The summed E-state index contributed by atoms with van der Waals surface area (Å²) in [7, 11) is -3.83. The van der Waals surface area contributed by atoms with E-state index >= 15 is 0 Å². The molecule has 6 nitrogen and oxygen atoms in total. The van der Waals surface area contributed by atoms with Gasteiger partial charge in [0.1, 0.15) is 10.7 Å². The monoisotopic (exact) mass is 413 g/mol. The summed E-state index contributed by atoms with van der Waals surface area (Å²) in [6.07, 6.45) is 0.635. The molecule has 8 heteroatoms. The van der Waals surface area contributed by atoms with Crippen LogP contribution in [0.2, 0.25) is 0 Å². The van der Waals surface area contributed by atoms with Gasteiger partial charge < -0.3 is 0 Å². The lowest BCUT2D eigenvalue weighted by Gasteiger charge is -2.28. The lowest BCUT2D eigenvalue weighted by Crippen LogP contribution is -2.36. The van der Waals surface area contributed by atoms with Gasteiger partial charge in [-0.2, -0.15) is 14.1 Å². The lowest BCUT2D eigenvalue weighted by atomic mass is 10.0. The average molecular weight is 413 g/mol. The highest BCUT2D eigenvalue weighted by molar-refractivity contribution is 7.89. The van der Waals surface area contributed by atoms with Crippen molar-refractivity contribution in [1.29, 1.82) is 0 Å². The number of rotatable bonds is 3. The predicted molar refractivity (Wildman–Crippen MR) is 106 cm³/mol. The fourth-order valence-corrected chi connectivity index (χ4v) is 5.49. The number of hydrogen-bond donors (Lipinski definition) is 0. The molecule has 4 rings (SSSR count). The molecule has 0 unspecified atom stereocenters. The van der Waals surface area contributed by atoms with Crippen molar-refractivity contribution >= 4 is 15.9 Å². The van der Waals surface area contributed by atoms with Gasteiger partial charge in [0.2, 0.25) is 10.0 Å². The third-order valence-corrected chi connectivity index (χ3v) is 7.30. The van der Waals surface area contributed by atoms with Crippen molar-refractivity contribution in [2.24, 2.45) is 0 Å². The maximum Gasteiger partial charge on any atom is 0.278 e. The van der Waals surface area contributed by atoms with Crippen LogP contribution in [-0.2, 0) is 23.0 Å². The molecule has 0 spiro atoms. The molecule has 1 aromatic heterocycles. The van der Waals surface area contributed by atoms with E-state index in [1.165, 1.54) is 28.6 Å². The molecule has 0 aliphatic carbocycles. The molecule has 0 N–H and O–H groups in total. The van der Waals surface area contributed by atoms with Crippen molar-refractivity contribution in [3.8, 4) is 0 Å². The average Bonchev–Trinajstić information content (AvgIpc) is 3.02. The Morgan fingerprint density at radius 1 is 1.03 bits per heavy atom. The Labute approximate surface area is 168 Å². The van der Waals surface area contributed by atoms with Crippen LogP contribution in [0.5, 0.6) is 0 Å². The minimum Gasteiger partial charge on any atom is -0.267 e. The van der Waals surface area contributed by atoms with Gasteiger partial charge in [-0.25, -0.2) is 12.8 Å². The molecular formula is C21H20FN3O3S. The third-order valence-electron chi connectivity index (χ3n) is 5.20. The standard InChI is InChI=1S/C21H20FN3O3S/c1-14-20(15(2)25(23-14)21(26)17-7-9-19(22)10-8-17)29(27,28)24-12-11-16-5-3-4-6-18(16)13-24/h3-10H,11-13H2,1-2H3. The van der Waals surface area contributed by atoms with E-state index < -0.39 is 21.7 Å². The lowest BCUT2D eigenvalue weighted by molar-refractivity contribution is 0.0942. The van der Waals surface area contributed by atoms with Gasteiger partial charge in [0, 0.05) is 18.7 Å². The van der Waals surface area contributed by atoms with Crippen molar-refractivity contribution in [2.45, 2.75) is 31.7 Å². The van der Waals surface area contributed by atoms with Gasteiger partial charge >= 0.3 is 0 Å². The fraction of sp³-hybridized carbons (Fsp3) is 0.238. The number of fused-ring (bicyclic) bond motifs is 1. The zero-order valence-corrected chi connectivity index (χ0v) is 16.9. The summed E-state index contributed by atoms with van der Waals surface area (Å²) < 4.78 is 42.4. The number of sulfonamides is 1. The third kappa shape index (κ3) is 3.38. The number of hydrogen-bond acceptors (Lipinski definition) is 4. The maximum atomic E-state index is 13.4. The Bertz CT molecular complexity index is 1200. The molecule has 150 valence electrons. The zero-order chi connectivity index (χ0) is 20.8. The molecule has 0 amide bonds. The molecule has 0 atom stereocenters. The molecular weight excluding hydrogens is 393 g/mol. The minimum atomic E-state index is -3.83. The molecule has 0 bridgehead atoms. The van der Waals surface area contributed by atoms with Gasteiger partial charge in [0.05, 0.1) is 11.4 Å². The van der Waals surface area contributed by atoms with Crippen LogP contribution in [0.4, 0.5) is 4.39 Å². The van der Waals surface area contributed by atoms with Crippen LogP contribution in [0.15, 0.2) is 53.4 Å². The van der Waals surface area contributed by atoms with E-state index in [4.69, 9.17) is 0 Å². The number of benzene rings is 2. The van der Waals surface area contributed by atoms with Crippen molar-refractivity contribution in [3.05, 3.63) is 82.4 Å². The topological polar surface area (TPSA) is 72.3 Å². The van der Waals surface area contributed by atoms with Gasteiger partial charge in [0.15, 0.2) is 0 Å². The molecule has 0 saturated carbocycles. The smallest absolute Gasteiger partial charge is 0.267 e. The Morgan fingerprint density at radius 2 is 1.69 bits per heavy atom. The van der Waals surface area contributed by atoms with Crippen LogP contribution in [0.25, 0.3) is 0 Å². The number of carbonyl (C=O) groups excluding carboxylic acids is 1.